The first-order valence-electron chi connectivity index (χ1n) is 10.1. The molecule has 1 aliphatic heterocycles. The monoisotopic (exact) mass is 430 g/mol. The third-order valence-electron chi connectivity index (χ3n) is 5.07. The molecule has 2 amide bonds. The number of carbonyl (C=O) groups is 2. The molecule has 1 N–H and O–H groups in total. The lowest BCUT2D eigenvalue weighted by atomic mass is 10.00. The van der Waals surface area contributed by atoms with Gasteiger partial charge in [0.05, 0.1) is 0 Å². The number of carbonyl (C=O) groups excluding carboxylic acids is 2. The summed E-state index contributed by atoms with van der Waals surface area (Å²) in [6.45, 7) is 9.05. The van der Waals surface area contributed by atoms with Gasteiger partial charge < -0.3 is 19.5 Å². The molecule has 1 unspecified atom stereocenters. The van der Waals surface area contributed by atoms with Gasteiger partial charge in [0.1, 0.15) is 17.5 Å². The number of likely N-dealkylation sites (tertiary alicyclic amines) is 1. The first-order chi connectivity index (χ1) is 13.7. The largest absolute Gasteiger partial charge is 0.444 e. The Labute approximate surface area is 174 Å². The quantitative estimate of drug-likeness (QED) is 0.773. The predicted molar refractivity (Wildman–Crippen MR) is 103 cm³/mol. The van der Waals surface area contributed by atoms with E-state index in [1.807, 2.05) is 0 Å². The maximum atomic E-state index is 13.3. The van der Waals surface area contributed by atoms with E-state index >= 15 is 0 Å². The average molecular weight is 430 g/mol. The van der Waals surface area contributed by atoms with E-state index in [0.29, 0.717) is 13.0 Å². The van der Waals surface area contributed by atoms with E-state index in [-0.39, 0.29) is 24.2 Å². The van der Waals surface area contributed by atoms with Crippen LogP contribution in [0.1, 0.15) is 71.4 Å². The van der Waals surface area contributed by atoms with Gasteiger partial charge in [-0.05, 0) is 53.9 Å². The predicted octanol–water partition coefficient (Wildman–Crippen LogP) is 3.68. The Morgan fingerprint density at radius 2 is 1.83 bits per heavy atom. The first kappa shape index (κ1) is 22.4. The fraction of sp³-hybridized carbons (Fsp3) is 0.750. The number of alkyl carbamates (subject to hydrolysis) is 1. The fourth-order valence-electron chi connectivity index (χ4n) is 3.68. The van der Waals surface area contributed by atoms with Crippen LogP contribution < -0.4 is 5.32 Å². The minimum Gasteiger partial charge on any atom is -0.444 e. The highest BCUT2D eigenvalue weighted by Crippen LogP contribution is 2.37. The van der Waals surface area contributed by atoms with Crippen LogP contribution in [0.4, 0.5) is 18.0 Å². The molecular formula is C20H29F3N4O3. The molecule has 1 saturated heterocycles. The molecule has 0 spiro atoms. The summed E-state index contributed by atoms with van der Waals surface area (Å²) in [5.41, 5.74) is -2.68. The van der Waals surface area contributed by atoms with Crippen molar-refractivity contribution in [2.24, 2.45) is 0 Å². The Morgan fingerprint density at radius 3 is 2.37 bits per heavy atom. The van der Waals surface area contributed by atoms with Crippen molar-refractivity contribution in [1.82, 2.24) is 19.8 Å². The average Bonchev–Trinajstić information content (AvgIpc) is 3.18. The van der Waals surface area contributed by atoms with Crippen LogP contribution in [-0.4, -0.2) is 50.2 Å². The van der Waals surface area contributed by atoms with Crippen LogP contribution in [0.5, 0.6) is 0 Å². The van der Waals surface area contributed by atoms with Crippen LogP contribution in [0, 0.1) is 0 Å². The SMILES string of the molecule is CC(C)(Cc1nc(C(F)(F)F)cn1C1CCN(C2CC2)C1=O)NC(=O)OC(C)(C)C. The number of halogens is 3. The number of hydrogen-bond acceptors (Lipinski definition) is 4. The molecule has 2 fully saturated rings. The van der Waals surface area contributed by atoms with Crippen molar-refractivity contribution in [2.75, 3.05) is 6.54 Å². The molecule has 7 nitrogen and oxygen atoms in total. The summed E-state index contributed by atoms with van der Waals surface area (Å²) >= 11 is 0. The van der Waals surface area contributed by atoms with Gasteiger partial charge in [0, 0.05) is 30.7 Å². The van der Waals surface area contributed by atoms with Crippen LogP contribution in [0.25, 0.3) is 0 Å². The van der Waals surface area contributed by atoms with Gasteiger partial charge >= 0.3 is 12.3 Å². The molecule has 1 saturated carbocycles. The molecule has 1 aromatic heterocycles. The Hall–Kier alpha value is -2.26. The molecule has 0 bridgehead atoms. The van der Waals surface area contributed by atoms with E-state index in [9.17, 15) is 22.8 Å². The molecule has 1 atom stereocenters. The summed E-state index contributed by atoms with van der Waals surface area (Å²) in [5.74, 6) is -0.0536. The number of nitrogens with zero attached hydrogens (tertiary/aromatic N) is 3. The molecule has 30 heavy (non-hydrogen) atoms. The maximum absolute atomic E-state index is 13.3. The highest BCUT2D eigenvalue weighted by molar-refractivity contribution is 5.83. The summed E-state index contributed by atoms with van der Waals surface area (Å²) in [6, 6.07) is -0.497. The Kier molecular flexibility index (Phi) is 5.57. The van der Waals surface area contributed by atoms with Gasteiger partial charge in [-0.15, -0.1) is 0 Å². The van der Waals surface area contributed by atoms with Crippen LogP contribution in [0.3, 0.4) is 0 Å². The van der Waals surface area contributed by atoms with Gasteiger partial charge in [0.25, 0.3) is 0 Å². The molecular weight excluding hydrogens is 401 g/mol. The van der Waals surface area contributed by atoms with E-state index in [1.165, 1.54) is 4.57 Å². The van der Waals surface area contributed by atoms with Gasteiger partial charge in [-0.25, -0.2) is 9.78 Å². The number of aromatic nitrogens is 2. The van der Waals surface area contributed by atoms with Gasteiger partial charge in [-0.3, -0.25) is 4.79 Å². The molecule has 168 valence electrons. The number of imidazole rings is 1. The third-order valence-corrected chi connectivity index (χ3v) is 5.07. The van der Waals surface area contributed by atoms with Gasteiger partial charge in [0.2, 0.25) is 5.91 Å². The fourth-order valence-corrected chi connectivity index (χ4v) is 3.68. The highest BCUT2D eigenvalue weighted by atomic mass is 19.4. The van der Waals surface area contributed by atoms with E-state index in [1.54, 1.807) is 39.5 Å². The second-order valence-corrected chi connectivity index (χ2v) is 9.70. The summed E-state index contributed by atoms with van der Waals surface area (Å²) in [7, 11) is 0. The topological polar surface area (TPSA) is 76.5 Å². The van der Waals surface area contributed by atoms with Crippen LogP contribution in [0.15, 0.2) is 6.20 Å². The minimum atomic E-state index is -4.62. The minimum absolute atomic E-state index is 0.00946. The number of rotatable bonds is 5. The molecule has 0 radical (unpaired) electrons. The van der Waals surface area contributed by atoms with Crippen molar-refractivity contribution in [3.05, 3.63) is 17.7 Å². The normalized spacial score (nSPS) is 20.6. The number of hydrogen-bond donors (Lipinski definition) is 1. The molecule has 10 heteroatoms. The first-order valence-corrected chi connectivity index (χ1v) is 10.1. The smallest absolute Gasteiger partial charge is 0.434 e. The van der Waals surface area contributed by atoms with Crippen molar-refractivity contribution in [1.29, 1.82) is 0 Å². The van der Waals surface area contributed by atoms with Crippen molar-refractivity contribution in [3.8, 4) is 0 Å². The van der Waals surface area contributed by atoms with E-state index in [2.05, 4.69) is 10.3 Å². The second-order valence-electron chi connectivity index (χ2n) is 9.70. The van der Waals surface area contributed by atoms with E-state index in [0.717, 1.165) is 19.0 Å². The van der Waals surface area contributed by atoms with E-state index < -0.39 is 35.1 Å². The Bertz CT molecular complexity index is 822. The van der Waals surface area contributed by atoms with Gasteiger partial charge in [-0.1, -0.05) is 0 Å². The van der Waals surface area contributed by atoms with Gasteiger partial charge in [-0.2, -0.15) is 13.2 Å². The van der Waals surface area contributed by atoms with Crippen molar-refractivity contribution < 1.29 is 27.5 Å². The molecule has 1 aliphatic carbocycles. The Balaban J connectivity index is 1.83. The lowest BCUT2D eigenvalue weighted by Crippen LogP contribution is -2.47. The molecule has 2 aliphatic rings. The summed E-state index contributed by atoms with van der Waals surface area (Å²) in [4.78, 5) is 30.5. The van der Waals surface area contributed by atoms with Crippen LogP contribution in [-0.2, 0) is 22.1 Å². The molecule has 1 aromatic rings. The Morgan fingerprint density at radius 1 is 1.20 bits per heavy atom. The number of alkyl halides is 3. The molecule has 3 rings (SSSR count). The summed E-state index contributed by atoms with van der Waals surface area (Å²) in [6.07, 6.45) is -2.05. The van der Waals surface area contributed by atoms with Crippen LogP contribution in [0.2, 0.25) is 0 Å². The van der Waals surface area contributed by atoms with Gasteiger partial charge in [0.15, 0.2) is 5.69 Å². The zero-order valence-corrected chi connectivity index (χ0v) is 18.0. The van der Waals surface area contributed by atoms with Crippen molar-refractivity contribution in [2.45, 2.75) is 89.7 Å². The lowest BCUT2D eigenvalue weighted by molar-refractivity contribution is -0.141. The molecule has 0 aromatic carbocycles. The third kappa shape index (κ3) is 5.26. The maximum Gasteiger partial charge on any atom is 0.434 e. The van der Waals surface area contributed by atoms with Crippen molar-refractivity contribution >= 4 is 12.0 Å². The summed E-state index contributed by atoms with van der Waals surface area (Å²) < 4.78 is 46.6. The standard InChI is InChI=1S/C20H29F3N4O3/c1-18(2,3)30-17(29)25-19(4,5)10-15-24-14(20(21,22)23)11-27(15)13-8-9-26(16(13)28)12-6-7-12/h11-13H,6-10H2,1-5H3,(H,25,29). The number of ether oxygens (including phenoxy) is 1. The summed E-state index contributed by atoms with van der Waals surface area (Å²) in [5, 5.41) is 2.68. The second kappa shape index (κ2) is 7.46. The zero-order valence-electron chi connectivity index (χ0n) is 18.0. The highest BCUT2D eigenvalue weighted by Gasteiger charge is 2.44. The lowest BCUT2D eigenvalue weighted by Gasteiger charge is -2.29. The molecule has 2 heterocycles. The number of nitrogens with one attached hydrogen (secondary N) is 1. The van der Waals surface area contributed by atoms with Crippen LogP contribution >= 0.6 is 0 Å². The van der Waals surface area contributed by atoms with Crippen molar-refractivity contribution in [3.63, 3.8) is 0 Å². The van der Waals surface area contributed by atoms with E-state index in [4.69, 9.17) is 4.74 Å². The zero-order chi connectivity index (χ0) is 22.5. The number of amides is 2.